The summed E-state index contributed by atoms with van der Waals surface area (Å²) in [7, 11) is 0. The molecule has 0 fully saturated rings. The van der Waals surface area contributed by atoms with E-state index in [1.165, 1.54) is 16.8 Å². The van der Waals surface area contributed by atoms with Crippen molar-refractivity contribution in [3.05, 3.63) is 47.3 Å². The van der Waals surface area contributed by atoms with E-state index in [4.69, 9.17) is 5.11 Å². The third-order valence-corrected chi connectivity index (χ3v) is 2.52. The van der Waals surface area contributed by atoms with Gasteiger partial charge in [-0.2, -0.15) is 18.3 Å². The van der Waals surface area contributed by atoms with Gasteiger partial charge in [0.2, 0.25) is 0 Å². The summed E-state index contributed by atoms with van der Waals surface area (Å²) in [6.45, 7) is 1.47. The molecule has 3 nitrogen and oxygen atoms in total. The molecule has 0 radical (unpaired) electrons. The van der Waals surface area contributed by atoms with E-state index in [1.54, 1.807) is 13.0 Å². The van der Waals surface area contributed by atoms with E-state index in [0.29, 0.717) is 17.1 Å². The smallest absolute Gasteiger partial charge is 0.390 e. The molecule has 0 saturated carbocycles. The minimum Gasteiger partial charge on any atom is -0.390 e. The quantitative estimate of drug-likeness (QED) is 0.897. The second-order valence-corrected chi connectivity index (χ2v) is 3.90. The van der Waals surface area contributed by atoms with Crippen LogP contribution in [-0.4, -0.2) is 14.9 Å². The van der Waals surface area contributed by atoms with Gasteiger partial charge in [0.15, 0.2) is 0 Å². The minimum atomic E-state index is -4.38. The normalized spacial score (nSPS) is 11.8. The molecule has 2 rings (SSSR count). The molecular weight excluding hydrogens is 245 g/mol. The van der Waals surface area contributed by atoms with E-state index < -0.39 is 11.7 Å². The maximum Gasteiger partial charge on any atom is 0.416 e. The molecular formula is C12H11F3N2O. The molecule has 18 heavy (non-hydrogen) atoms. The predicted molar refractivity (Wildman–Crippen MR) is 59.2 cm³/mol. The number of aliphatic hydroxyl groups excluding tert-OH is 1. The summed E-state index contributed by atoms with van der Waals surface area (Å²) in [6.07, 6.45) is -4.38. The number of alkyl halides is 3. The Morgan fingerprint density at radius 3 is 2.56 bits per heavy atom. The molecule has 0 aliphatic carbocycles. The van der Waals surface area contributed by atoms with Crippen molar-refractivity contribution in [3.8, 4) is 5.69 Å². The first-order valence-corrected chi connectivity index (χ1v) is 5.26. The van der Waals surface area contributed by atoms with Gasteiger partial charge in [-0.3, -0.25) is 0 Å². The zero-order chi connectivity index (χ0) is 13.3. The average molecular weight is 256 g/mol. The summed E-state index contributed by atoms with van der Waals surface area (Å²) in [4.78, 5) is 0. The third-order valence-electron chi connectivity index (χ3n) is 2.52. The van der Waals surface area contributed by atoms with Crippen LogP contribution in [0.2, 0.25) is 0 Å². The minimum absolute atomic E-state index is 0.243. The molecule has 1 aromatic carbocycles. The fraction of sp³-hybridized carbons (Fsp3) is 0.250. The van der Waals surface area contributed by atoms with Gasteiger partial charge in [0.1, 0.15) is 0 Å². The molecule has 0 bridgehead atoms. The lowest BCUT2D eigenvalue weighted by Crippen LogP contribution is -2.07. The molecule has 0 amide bonds. The first kappa shape index (κ1) is 12.6. The van der Waals surface area contributed by atoms with Crippen LogP contribution in [-0.2, 0) is 12.8 Å². The van der Waals surface area contributed by atoms with Crippen LogP contribution >= 0.6 is 0 Å². The highest BCUT2D eigenvalue weighted by Gasteiger charge is 2.30. The Balaban J connectivity index is 2.47. The van der Waals surface area contributed by atoms with Crippen LogP contribution in [0.25, 0.3) is 5.69 Å². The summed E-state index contributed by atoms with van der Waals surface area (Å²) >= 11 is 0. The lowest BCUT2D eigenvalue weighted by atomic mass is 10.2. The standard InChI is InChI=1S/C12H11F3N2O/c1-8-5-10(7-18)16-17(8)11-4-2-3-9(6-11)12(13,14)15/h2-6,18H,7H2,1H3. The molecule has 1 heterocycles. The van der Waals surface area contributed by atoms with E-state index in [-0.39, 0.29) is 6.61 Å². The highest BCUT2D eigenvalue weighted by Crippen LogP contribution is 2.30. The van der Waals surface area contributed by atoms with Gasteiger partial charge in [0.05, 0.1) is 23.6 Å². The molecule has 6 heteroatoms. The van der Waals surface area contributed by atoms with Crippen molar-refractivity contribution in [1.29, 1.82) is 0 Å². The Bertz CT molecular complexity index is 561. The maximum atomic E-state index is 12.6. The lowest BCUT2D eigenvalue weighted by Gasteiger charge is -2.09. The zero-order valence-corrected chi connectivity index (χ0v) is 9.57. The fourth-order valence-corrected chi connectivity index (χ4v) is 1.69. The topological polar surface area (TPSA) is 38.1 Å². The molecule has 0 atom stereocenters. The van der Waals surface area contributed by atoms with Gasteiger partial charge in [-0.25, -0.2) is 4.68 Å². The van der Waals surface area contributed by atoms with Gasteiger partial charge >= 0.3 is 6.18 Å². The Morgan fingerprint density at radius 1 is 1.28 bits per heavy atom. The number of halogens is 3. The summed E-state index contributed by atoms with van der Waals surface area (Å²) < 4.78 is 39.1. The summed E-state index contributed by atoms with van der Waals surface area (Å²) in [5.74, 6) is 0. The van der Waals surface area contributed by atoms with Gasteiger partial charge < -0.3 is 5.11 Å². The number of aryl methyl sites for hydroxylation is 1. The van der Waals surface area contributed by atoms with E-state index in [0.717, 1.165) is 12.1 Å². The SMILES string of the molecule is Cc1cc(CO)nn1-c1cccc(C(F)(F)F)c1. The average Bonchev–Trinajstić information content (AvgIpc) is 2.70. The van der Waals surface area contributed by atoms with Crippen molar-refractivity contribution < 1.29 is 18.3 Å². The summed E-state index contributed by atoms with van der Waals surface area (Å²) in [6, 6.07) is 6.53. The van der Waals surface area contributed by atoms with E-state index in [2.05, 4.69) is 5.10 Å². The Labute approximate surface area is 101 Å². The van der Waals surface area contributed by atoms with Crippen LogP contribution < -0.4 is 0 Å². The molecule has 0 aliphatic heterocycles. The number of aromatic nitrogens is 2. The van der Waals surface area contributed by atoms with Crippen molar-refractivity contribution in [2.24, 2.45) is 0 Å². The Hall–Kier alpha value is -1.82. The Morgan fingerprint density at radius 2 is 2.00 bits per heavy atom. The van der Waals surface area contributed by atoms with Crippen molar-refractivity contribution in [3.63, 3.8) is 0 Å². The monoisotopic (exact) mass is 256 g/mol. The summed E-state index contributed by atoms with van der Waals surface area (Å²) in [5, 5.41) is 13.0. The first-order valence-electron chi connectivity index (χ1n) is 5.26. The van der Waals surface area contributed by atoms with Gasteiger partial charge in [0, 0.05) is 5.69 Å². The van der Waals surface area contributed by atoms with Crippen molar-refractivity contribution in [2.45, 2.75) is 19.7 Å². The van der Waals surface area contributed by atoms with Gasteiger partial charge in [-0.15, -0.1) is 0 Å². The highest BCUT2D eigenvalue weighted by molar-refractivity contribution is 5.38. The second-order valence-electron chi connectivity index (χ2n) is 3.90. The number of rotatable bonds is 2. The third kappa shape index (κ3) is 2.38. The largest absolute Gasteiger partial charge is 0.416 e. The van der Waals surface area contributed by atoms with Crippen LogP contribution in [0.3, 0.4) is 0 Å². The molecule has 0 aliphatic rings. The lowest BCUT2D eigenvalue weighted by molar-refractivity contribution is -0.137. The first-order chi connectivity index (χ1) is 8.41. The highest BCUT2D eigenvalue weighted by atomic mass is 19.4. The number of hydrogen-bond donors (Lipinski definition) is 1. The summed E-state index contributed by atoms with van der Waals surface area (Å²) in [5.41, 5.74) is 0.686. The van der Waals surface area contributed by atoms with Crippen LogP contribution in [0.15, 0.2) is 30.3 Å². The molecule has 1 N–H and O–H groups in total. The second kappa shape index (κ2) is 4.45. The van der Waals surface area contributed by atoms with Crippen molar-refractivity contribution in [1.82, 2.24) is 9.78 Å². The molecule has 0 unspecified atom stereocenters. The molecule has 0 spiro atoms. The van der Waals surface area contributed by atoms with E-state index in [9.17, 15) is 13.2 Å². The van der Waals surface area contributed by atoms with Crippen LogP contribution in [0.5, 0.6) is 0 Å². The molecule has 0 saturated heterocycles. The molecule has 2 aromatic rings. The van der Waals surface area contributed by atoms with Gasteiger partial charge in [-0.05, 0) is 31.2 Å². The van der Waals surface area contributed by atoms with Gasteiger partial charge in [-0.1, -0.05) is 6.07 Å². The van der Waals surface area contributed by atoms with Crippen molar-refractivity contribution in [2.75, 3.05) is 0 Å². The Kier molecular flexibility index (Phi) is 3.13. The van der Waals surface area contributed by atoms with Gasteiger partial charge in [0.25, 0.3) is 0 Å². The van der Waals surface area contributed by atoms with E-state index >= 15 is 0 Å². The maximum absolute atomic E-state index is 12.6. The zero-order valence-electron chi connectivity index (χ0n) is 9.57. The predicted octanol–water partition coefficient (Wildman–Crippen LogP) is 2.69. The van der Waals surface area contributed by atoms with E-state index in [1.807, 2.05) is 0 Å². The number of hydrogen-bond acceptors (Lipinski definition) is 2. The fourth-order valence-electron chi connectivity index (χ4n) is 1.69. The van der Waals surface area contributed by atoms with Crippen LogP contribution in [0.4, 0.5) is 13.2 Å². The number of aliphatic hydroxyl groups is 1. The number of nitrogens with zero attached hydrogens (tertiary/aromatic N) is 2. The molecule has 1 aromatic heterocycles. The van der Waals surface area contributed by atoms with Crippen LogP contribution in [0.1, 0.15) is 17.0 Å². The number of benzene rings is 1. The van der Waals surface area contributed by atoms with Crippen molar-refractivity contribution >= 4 is 0 Å². The molecule has 96 valence electrons. The van der Waals surface area contributed by atoms with Crippen LogP contribution in [0, 0.1) is 6.92 Å².